The van der Waals surface area contributed by atoms with Crippen molar-refractivity contribution in [3.63, 3.8) is 0 Å². The summed E-state index contributed by atoms with van der Waals surface area (Å²) in [5.74, 6) is 2.02. The Hall–Kier alpha value is -1.97. The Balaban J connectivity index is 1.71. The van der Waals surface area contributed by atoms with E-state index in [0.717, 1.165) is 24.2 Å². The summed E-state index contributed by atoms with van der Waals surface area (Å²) in [6.45, 7) is 9.73. The maximum atomic E-state index is 12.5. The molecule has 4 nitrogen and oxygen atoms in total. The van der Waals surface area contributed by atoms with Gasteiger partial charge in [-0.1, -0.05) is 13.8 Å². The first kappa shape index (κ1) is 16.5. The summed E-state index contributed by atoms with van der Waals surface area (Å²) in [4.78, 5) is 14.9. The second kappa shape index (κ2) is 5.26. The van der Waals surface area contributed by atoms with Gasteiger partial charge in [0.15, 0.2) is 17.3 Å². The lowest BCUT2D eigenvalue weighted by Gasteiger charge is -2.39. The fourth-order valence-electron chi connectivity index (χ4n) is 5.22. The predicted molar refractivity (Wildman–Crippen MR) is 96.6 cm³/mol. The molecule has 0 unspecified atom stereocenters. The van der Waals surface area contributed by atoms with E-state index in [4.69, 9.17) is 4.74 Å². The van der Waals surface area contributed by atoms with E-state index >= 15 is 0 Å². The van der Waals surface area contributed by atoms with Gasteiger partial charge in [-0.25, -0.2) is 0 Å². The first-order chi connectivity index (χ1) is 11.8. The molecular formula is C21H27NO3. The SMILES string of the molecule is COc1cc2c(cc1O)CCN(/C(C)=C1\C(=O)C[C@@H]3[C@@H]1C3(C)C)[C@@H]2C. The summed E-state index contributed by atoms with van der Waals surface area (Å²) in [6, 6.07) is 3.94. The molecule has 0 saturated heterocycles. The van der Waals surface area contributed by atoms with Gasteiger partial charge in [0.25, 0.3) is 0 Å². The molecule has 1 aromatic carbocycles. The van der Waals surface area contributed by atoms with Crippen LogP contribution < -0.4 is 4.74 Å². The number of nitrogens with zero attached hydrogens (tertiary/aromatic N) is 1. The van der Waals surface area contributed by atoms with E-state index in [0.29, 0.717) is 29.8 Å². The number of carbonyl (C=O) groups is 1. The number of ether oxygens (including phenoxy) is 1. The smallest absolute Gasteiger partial charge is 0.161 e. The van der Waals surface area contributed by atoms with E-state index < -0.39 is 0 Å². The number of carbonyl (C=O) groups excluding carboxylic acids is 1. The lowest BCUT2D eigenvalue weighted by atomic mass is 9.90. The minimum atomic E-state index is 0.166. The van der Waals surface area contributed by atoms with Gasteiger partial charge in [0, 0.05) is 24.2 Å². The third-order valence-electron chi connectivity index (χ3n) is 6.87. The topological polar surface area (TPSA) is 49.8 Å². The Morgan fingerprint density at radius 2 is 2.08 bits per heavy atom. The number of ketones is 1. The highest BCUT2D eigenvalue weighted by molar-refractivity contribution is 6.01. The van der Waals surface area contributed by atoms with Crippen molar-refractivity contribution in [3.8, 4) is 11.5 Å². The Labute approximate surface area is 149 Å². The van der Waals surface area contributed by atoms with Crippen LogP contribution in [0.2, 0.25) is 0 Å². The molecule has 25 heavy (non-hydrogen) atoms. The summed E-state index contributed by atoms with van der Waals surface area (Å²) in [5.41, 5.74) is 4.83. The van der Waals surface area contributed by atoms with E-state index in [-0.39, 0.29) is 17.2 Å². The summed E-state index contributed by atoms with van der Waals surface area (Å²) in [5, 5.41) is 10.0. The van der Waals surface area contributed by atoms with Gasteiger partial charge in [-0.05, 0) is 60.8 Å². The highest BCUT2D eigenvalue weighted by atomic mass is 16.5. The van der Waals surface area contributed by atoms with Gasteiger partial charge in [0.05, 0.1) is 13.2 Å². The molecule has 2 saturated carbocycles. The monoisotopic (exact) mass is 341 g/mol. The maximum absolute atomic E-state index is 12.5. The molecule has 2 fully saturated rings. The lowest BCUT2D eigenvalue weighted by molar-refractivity contribution is -0.115. The van der Waals surface area contributed by atoms with Gasteiger partial charge in [-0.2, -0.15) is 0 Å². The van der Waals surface area contributed by atoms with Gasteiger partial charge < -0.3 is 14.7 Å². The zero-order valence-electron chi connectivity index (χ0n) is 15.7. The van der Waals surface area contributed by atoms with Crippen LogP contribution in [-0.2, 0) is 11.2 Å². The second-order valence-electron chi connectivity index (χ2n) is 8.37. The fraction of sp³-hybridized carbons (Fsp3) is 0.571. The Kier molecular flexibility index (Phi) is 3.47. The summed E-state index contributed by atoms with van der Waals surface area (Å²) in [6.07, 6.45) is 1.58. The number of hydrogen-bond acceptors (Lipinski definition) is 4. The molecule has 4 heteroatoms. The van der Waals surface area contributed by atoms with Crippen molar-refractivity contribution in [2.24, 2.45) is 17.3 Å². The van der Waals surface area contributed by atoms with Crippen LogP contribution in [0.25, 0.3) is 0 Å². The standard InChI is InChI=1S/C21H27NO3/c1-11-14-9-18(25-5)16(23)8-13(14)6-7-22(11)12(2)19-17(24)10-15-20(19)21(15,3)4/h8-9,11,15,20,23H,6-7,10H2,1-5H3/b19-12+/t11-,15-,20+/m1/s1. The van der Waals surface area contributed by atoms with Crippen molar-refractivity contribution in [1.82, 2.24) is 4.90 Å². The molecule has 1 N–H and O–H groups in total. The lowest BCUT2D eigenvalue weighted by Crippen LogP contribution is -2.34. The van der Waals surface area contributed by atoms with Gasteiger partial charge in [-0.15, -0.1) is 0 Å². The summed E-state index contributed by atoms with van der Waals surface area (Å²) >= 11 is 0. The Morgan fingerprint density at radius 1 is 1.36 bits per heavy atom. The average Bonchev–Trinajstić information content (AvgIpc) is 2.91. The number of methoxy groups -OCH3 is 1. The third-order valence-corrected chi connectivity index (χ3v) is 6.87. The van der Waals surface area contributed by atoms with Crippen LogP contribution in [0.4, 0.5) is 0 Å². The molecule has 0 amide bonds. The molecule has 4 rings (SSSR count). The minimum absolute atomic E-state index is 0.166. The molecular weight excluding hydrogens is 314 g/mol. The van der Waals surface area contributed by atoms with Crippen LogP contribution in [-0.4, -0.2) is 29.4 Å². The second-order valence-corrected chi connectivity index (χ2v) is 8.37. The van der Waals surface area contributed by atoms with E-state index in [1.54, 1.807) is 7.11 Å². The molecule has 0 bridgehead atoms. The molecule has 0 radical (unpaired) electrons. The molecule has 2 aliphatic carbocycles. The number of allylic oxidation sites excluding steroid dienone is 2. The van der Waals surface area contributed by atoms with Crippen LogP contribution in [0, 0.1) is 17.3 Å². The van der Waals surface area contributed by atoms with Gasteiger partial charge in [-0.3, -0.25) is 4.79 Å². The number of phenols is 1. The molecule has 1 aromatic rings. The summed E-state index contributed by atoms with van der Waals surface area (Å²) in [7, 11) is 1.58. The Morgan fingerprint density at radius 3 is 2.72 bits per heavy atom. The molecule has 134 valence electrons. The van der Waals surface area contributed by atoms with Crippen LogP contribution >= 0.6 is 0 Å². The van der Waals surface area contributed by atoms with Crippen molar-refractivity contribution in [2.75, 3.05) is 13.7 Å². The quantitative estimate of drug-likeness (QED) is 0.831. The van der Waals surface area contributed by atoms with E-state index in [9.17, 15) is 9.90 Å². The molecule has 0 aromatic heterocycles. The van der Waals surface area contributed by atoms with Crippen molar-refractivity contribution < 1.29 is 14.6 Å². The number of Topliss-reactive ketones (excluding diaryl/α,β-unsaturated/α-hetero) is 1. The first-order valence-corrected chi connectivity index (χ1v) is 9.17. The molecule has 1 aliphatic heterocycles. The van der Waals surface area contributed by atoms with Gasteiger partial charge in [0.2, 0.25) is 0 Å². The van der Waals surface area contributed by atoms with E-state index in [1.165, 1.54) is 11.1 Å². The van der Waals surface area contributed by atoms with Crippen LogP contribution in [0.15, 0.2) is 23.4 Å². The first-order valence-electron chi connectivity index (χ1n) is 9.17. The number of phenolic OH excluding ortho intramolecular Hbond substituents is 1. The number of benzene rings is 1. The van der Waals surface area contributed by atoms with Crippen molar-refractivity contribution in [3.05, 3.63) is 34.5 Å². The number of rotatable bonds is 2. The maximum Gasteiger partial charge on any atom is 0.161 e. The molecule has 3 atom stereocenters. The number of aromatic hydroxyl groups is 1. The summed E-state index contributed by atoms with van der Waals surface area (Å²) < 4.78 is 5.29. The molecule has 1 heterocycles. The normalized spacial score (nSPS) is 31.5. The minimum Gasteiger partial charge on any atom is -0.504 e. The van der Waals surface area contributed by atoms with Crippen LogP contribution in [0.3, 0.4) is 0 Å². The zero-order valence-corrected chi connectivity index (χ0v) is 15.7. The highest BCUT2D eigenvalue weighted by Gasteiger charge is 2.65. The van der Waals surface area contributed by atoms with Crippen LogP contribution in [0.1, 0.15) is 51.3 Å². The fourth-order valence-corrected chi connectivity index (χ4v) is 5.22. The third kappa shape index (κ3) is 2.22. The number of fused-ring (bicyclic) bond motifs is 2. The predicted octanol–water partition coefficient (Wildman–Crippen LogP) is 3.84. The van der Waals surface area contributed by atoms with E-state index in [1.807, 2.05) is 12.1 Å². The van der Waals surface area contributed by atoms with Crippen LogP contribution in [0.5, 0.6) is 11.5 Å². The van der Waals surface area contributed by atoms with Gasteiger partial charge >= 0.3 is 0 Å². The highest BCUT2D eigenvalue weighted by Crippen LogP contribution is 2.68. The zero-order chi connectivity index (χ0) is 18.1. The largest absolute Gasteiger partial charge is 0.504 e. The number of hydrogen-bond donors (Lipinski definition) is 1. The molecule has 0 spiro atoms. The van der Waals surface area contributed by atoms with Gasteiger partial charge in [0.1, 0.15) is 0 Å². The van der Waals surface area contributed by atoms with Crippen molar-refractivity contribution in [1.29, 1.82) is 0 Å². The Bertz CT molecular complexity index is 793. The average molecular weight is 341 g/mol. The molecule has 3 aliphatic rings. The van der Waals surface area contributed by atoms with E-state index in [2.05, 4.69) is 32.6 Å². The van der Waals surface area contributed by atoms with Crippen molar-refractivity contribution >= 4 is 5.78 Å². The van der Waals surface area contributed by atoms with Crippen molar-refractivity contribution in [2.45, 2.75) is 46.6 Å².